The monoisotopic (exact) mass is 451 g/mol. The first-order chi connectivity index (χ1) is 13.9. The average molecular weight is 452 g/mol. The molecule has 1 aromatic carbocycles. The molecule has 0 spiro atoms. The van der Waals surface area contributed by atoms with E-state index < -0.39 is 16.8 Å². The normalized spacial score (nSPS) is 10.6. The van der Waals surface area contributed by atoms with Crippen LogP contribution in [-0.4, -0.2) is 57.6 Å². The lowest BCUT2D eigenvalue weighted by molar-refractivity contribution is 0.275. The second-order valence-corrected chi connectivity index (χ2v) is 9.55. The lowest BCUT2D eigenvalue weighted by Crippen LogP contribution is -2.27. The molecular weight excluding hydrogens is 408 g/mol. The highest BCUT2D eigenvalue weighted by Gasteiger charge is 2.18. The van der Waals surface area contributed by atoms with Gasteiger partial charge in [0.15, 0.2) is 16.8 Å². The molecule has 0 bridgehead atoms. The summed E-state index contributed by atoms with van der Waals surface area (Å²) in [4.78, 5) is 2.23. The first-order valence-corrected chi connectivity index (χ1v) is 12.9. The molecule has 0 amide bonds. The Bertz CT molecular complexity index is 427. The summed E-state index contributed by atoms with van der Waals surface area (Å²) in [5, 5.41) is 9.33. The smallest absolute Gasteiger partial charge is 0.185 e. The minimum Gasteiger partial charge on any atom is -0.508 e. The van der Waals surface area contributed by atoms with Crippen molar-refractivity contribution in [1.29, 1.82) is 0 Å². The number of nitrogens with zero attached hydrogens (tertiary/aromatic N) is 1. The van der Waals surface area contributed by atoms with Crippen molar-refractivity contribution < 1.29 is 23.2 Å². The van der Waals surface area contributed by atoms with E-state index in [1.54, 1.807) is 40.6 Å². The molecule has 0 heterocycles. The molecule has 0 aliphatic heterocycles. The van der Waals surface area contributed by atoms with Crippen molar-refractivity contribution >= 4 is 16.8 Å². The number of hydrogen-bond donors (Lipinski definition) is 1. The molecule has 0 fully saturated rings. The van der Waals surface area contributed by atoms with E-state index in [1.165, 1.54) is 24.8 Å². The molecule has 0 aliphatic rings. The predicted octanol–water partition coefficient (Wildman–Crippen LogP) is 6.58. The van der Waals surface area contributed by atoms with Gasteiger partial charge in [0.2, 0.25) is 0 Å². The van der Waals surface area contributed by atoms with Gasteiger partial charge >= 0.3 is 0 Å². The second kappa shape index (κ2) is 22.4. The quantitative estimate of drug-likeness (QED) is 0.362. The van der Waals surface area contributed by atoms with Gasteiger partial charge in [-0.3, -0.25) is 4.90 Å². The lowest BCUT2D eigenvalue weighted by atomic mass is 10.1. The molecule has 0 saturated heterocycles. The van der Waals surface area contributed by atoms with E-state index in [1.807, 2.05) is 12.1 Å². The van der Waals surface area contributed by atoms with Crippen LogP contribution >= 0.6 is 16.8 Å². The lowest BCUT2D eigenvalue weighted by Gasteiger charge is -2.27. The fourth-order valence-corrected chi connectivity index (χ4v) is 3.90. The Kier molecular flexibility index (Phi) is 23.8. The van der Waals surface area contributed by atoms with Crippen molar-refractivity contribution in [3.63, 3.8) is 0 Å². The highest BCUT2D eigenvalue weighted by Crippen LogP contribution is 2.41. The van der Waals surface area contributed by atoms with Crippen molar-refractivity contribution in [2.24, 2.45) is 0 Å². The summed E-state index contributed by atoms with van der Waals surface area (Å²) in [6, 6.07) is 7.26. The van der Waals surface area contributed by atoms with E-state index in [4.69, 9.17) is 18.1 Å². The second-order valence-electron chi connectivity index (χ2n) is 6.20. The molecule has 0 unspecified atom stereocenters. The number of phenolic OH excluding ortho intramolecular Hbond substituents is 1. The van der Waals surface area contributed by atoms with Crippen LogP contribution in [0.3, 0.4) is 0 Å². The maximum absolute atomic E-state index is 9.33. The van der Waals surface area contributed by atoms with E-state index in [0.717, 1.165) is 13.0 Å². The topological polar surface area (TPSA) is 60.4 Å². The molecule has 1 N–H and O–H groups in total. The third-order valence-electron chi connectivity index (χ3n) is 3.60. The van der Waals surface area contributed by atoms with Crippen LogP contribution in [0.4, 0.5) is 0 Å². The van der Waals surface area contributed by atoms with Crippen LogP contribution in [0.1, 0.15) is 52.5 Å². The molecule has 0 atom stereocenters. The summed E-state index contributed by atoms with van der Waals surface area (Å²) in [5.74, 6) is 0.283. The fourth-order valence-electron chi connectivity index (χ4n) is 1.84. The SMILES string of the molecule is CCC.CCCC.COP(CN(CCc1ccc(O)cc1)CP(OC)OC)OC. The Hall–Kier alpha value is -0.320. The van der Waals surface area contributed by atoms with E-state index in [9.17, 15) is 5.11 Å². The van der Waals surface area contributed by atoms with Crippen LogP contribution in [0.5, 0.6) is 5.75 Å². The van der Waals surface area contributed by atoms with Gasteiger partial charge < -0.3 is 23.2 Å². The molecule has 0 aromatic heterocycles. The van der Waals surface area contributed by atoms with Crippen LogP contribution in [0.25, 0.3) is 0 Å². The standard InChI is InChI=1S/C14H25NO5P2.C4H10.C3H8/c1-17-21(18-2)11-15(12-22(19-3)20-4)10-9-13-5-7-14(16)8-6-13;1-3-4-2;1-3-2/h5-8,16H,9-12H2,1-4H3;3-4H2,1-2H3;3H2,1-2H3. The molecule has 6 nitrogen and oxygen atoms in total. The molecule has 1 rings (SSSR count). The third kappa shape index (κ3) is 18.2. The van der Waals surface area contributed by atoms with Crippen molar-refractivity contribution in [2.75, 3.05) is 47.6 Å². The Morgan fingerprint density at radius 1 is 0.759 bits per heavy atom. The summed E-state index contributed by atoms with van der Waals surface area (Å²) < 4.78 is 21.4. The Morgan fingerprint density at radius 3 is 1.45 bits per heavy atom. The number of hydrogen-bond acceptors (Lipinski definition) is 6. The van der Waals surface area contributed by atoms with Gasteiger partial charge in [-0.25, -0.2) is 0 Å². The average Bonchev–Trinajstić information content (AvgIpc) is 2.75. The maximum atomic E-state index is 9.33. The Morgan fingerprint density at radius 2 is 1.14 bits per heavy atom. The van der Waals surface area contributed by atoms with Gasteiger partial charge in [-0.2, -0.15) is 0 Å². The molecule has 0 aliphatic carbocycles. The number of unbranched alkanes of at least 4 members (excludes halogenated alkanes) is 1. The zero-order valence-corrected chi connectivity index (χ0v) is 21.5. The van der Waals surface area contributed by atoms with Gasteiger partial charge in [0.05, 0.1) is 12.6 Å². The summed E-state index contributed by atoms with van der Waals surface area (Å²) in [5.41, 5.74) is 1.17. The van der Waals surface area contributed by atoms with E-state index in [2.05, 4.69) is 32.6 Å². The molecular formula is C21H43NO5P2. The Balaban J connectivity index is 0. The number of phenols is 1. The largest absolute Gasteiger partial charge is 0.508 e. The van der Waals surface area contributed by atoms with Gasteiger partial charge in [0, 0.05) is 35.0 Å². The van der Waals surface area contributed by atoms with Crippen molar-refractivity contribution in [2.45, 2.75) is 53.4 Å². The third-order valence-corrected chi connectivity index (χ3v) is 6.49. The maximum Gasteiger partial charge on any atom is 0.185 e. The van der Waals surface area contributed by atoms with E-state index in [0.29, 0.717) is 12.6 Å². The van der Waals surface area contributed by atoms with Gasteiger partial charge in [0.1, 0.15) is 5.75 Å². The number of aromatic hydroxyl groups is 1. The number of rotatable bonds is 12. The summed E-state index contributed by atoms with van der Waals surface area (Å²) in [6.07, 6.45) is 6.16. The molecule has 0 radical (unpaired) electrons. The number of benzene rings is 1. The first-order valence-electron chi connectivity index (χ1n) is 10.2. The van der Waals surface area contributed by atoms with Gasteiger partial charge in [-0.05, 0) is 24.1 Å². The fraction of sp³-hybridized carbons (Fsp3) is 0.714. The zero-order chi connectivity index (χ0) is 22.5. The highest BCUT2D eigenvalue weighted by atomic mass is 31.2. The van der Waals surface area contributed by atoms with Crippen LogP contribution in [0.15, 0.2) is 24.3 Å². The van der Waals surface area contributed by atoms with Gasteiger partial charge in [0.25, 0.3) is 0 Å². The van der Waals surface area contributed by atoms with Crippen molar-refractivity contribution in [3.8, 4) is 5.75 Å². The minimum atomic E-state index is -0.937. The van der Waals surface area contributed by atoms with E-state index in [-0.39, 0.29) is 5.75 Å². The molecule has 172 valence electrons. The summed E-state index contributed by atoms with van der Waals surface area (Å²) in [6.45, 7) is 9.45. The van der Waals surface area contributed by atoms with Crippen LogP contribution in [0, 0.1) is 0 Å². The minimum absolute atomic E-state index is 0.283. The molecule has 1 aromatic rings. The predicted molar refractivity (Wildman–Crippen MR) is 127 cm³/mol. The van der Waals surface area contributed by atoms with Gasteiger partial charge in [-0.15, -0.1) is 0 Å². The molecule has 8 heteroatoms. The van der Waals surface area contributed by atoms with Crippen molar-refractivity contribution in [3.05, 3.63) is 29.8 Å². The van der Waals surface area contributed by atoms with Crippen LogP contribution in [0.2, 0.25) is 0 Å². The summed E-state index contributed by atoms with van der Waals surface area (Å²) >= 11 is 0. The van der Waals surface area contributed by atoms with Crippen LogP contribution < -0.4 is 0 Å². The zero-order valence-electron chi connectivity index (χ0n) is 19.7. The van der Waals surface area contributed by atoms with Gasteiger partial charge in [-0.1, -0.05) is 59.1 Å². The Labute approximate surface area is 181 Å². The highest BCUT2D eigenvalue weighted by molar-refractivity contribution is 7.48. The molecule has 0 saturated carbocycles. The van der Waals surface area contributed by atoms with E-state index >= 15 is 0 Å². The van der Waals surface area contributed by atoms with Crippen LogP contribution in [-0.2, 0) is 24.5 Å². The first kappa shape index (κ1) is 30.9. The summed E-state index contributed by atoms with van der Waals surface area (Å²) in [7, 11) is 4.75. The molecule has 29 heavy (non-hydrogen) atoms. The van der Waals surface area contributed by atoms with Crippen molar-refractivity contribution in [1.82, 2.24) is 4.90 Å².